The highest BCUT2D eigenvalue weighted by Gasteiger charge is 2.21. The van der Waals surface area contributed by atoms with Crippen molar-refractivity contribution in [3.8, 4) is 147 Å². The van der Waals surface area contributed by atoms with Crippen LogP contribution in [0.15, 0.2) is 364 Å². The Kier molecular flexibility index (Phi) is 23.6. The Balaban J connectivity index is 0.000000112. The highest BCUT2D eigenvalue weighted by atomic mass is 35.5. The van der Waals surface area contributed by atoms with E-state index in [0.29, 0.717) is 70.4 Å². The number of para-hydroxylation sites is 7. The fourth-order valence-electron chi connectivity index (χ4n) is 13.3. The molecule has 580 valence electrons. The molecule has 0 saturated heterocycles. The van der Waals surface area contributed by atoms with Gasteiger partial charge in [0.05, 0.1) is 106 Å². The van der Waals surface area contributed by atoms with Crippen LogP contribution in [0.25, 0.3) is 168 Å². The highest BCUT2D eigenvalue weighted by molar-refractivity contribution is 6.35. The molecule has 0 spiro atoms. The monoisotopic (exact) mass is 1640 g/mol. The first-order valence-corrected chi connectivity index (χ1v) is 39.2. The Bertz CT molecular complexity index is 6910. The largest absolute Gasteiger partial charge is 0.508 e. The summed E-state index contributed by atoms with van der Waals surface area (Å²) in [7, 11) is 0. The normalized spacial score (nSPS) is 10.9. The molecule has 0 radical (unpaired) electrons. The molecule has 20 aromatic rings. The number of benzene rings is 15. The molecule has 16 nitrogen and oxygen atoms in total. The van der Waals surface area contributed by atoms with Crippen molar-refractivity contribution in [3.05, 3.63) is 384 Å². The van der Waals surface area contributed by atoms with Crippen molar-refractivity contribution >= 4 is 102 Å². The van der Waals surface area contributed by atoms with Gasteiger partial charge >= 0.3 is 0 Å². The minimum Gasteiger partial charge on any atom is -0.508 e. The van der Waals surface area contributed by atoms with Crippen LogP contribution >= 0.6 is 46.4 Å². The number of nitrogens with zero attached hydrogens (tertiary/aromatic N) is 10. The summed E-state index contributed by atoms with van der Waals surface area (Å²) >= 11 is 24.9. The van der Waals surface area contributed by atoms with Crippen molar-refractivity contribution in [2.75, 3.05) is 0 Å². The van der Waals surface area contributed by atoms with Gasteiger partial charge in [-0.1, -0.05) is 204 Å². The van der Waals surface area contributed by atoms with Gasteiger partial charge in [-0.15, -0.1) is 0 Å². The third-order valence-electron chi connectivity index (χ3n) is 19.1. The van der Waals surface area contributed by atoms with Crippen molar-refractivity contribution < 1.29 is 30.6 Å². The molecule has 20 rings (SSSR count). The van der Waals surface area contributed by atoms with Crippen molar-refractivity contribution in [1.82, 2.24) is 49.8 Å². The van der Waals surface area contributed by atoms with E-state index in [2.05, 4.69) is 4.98 Å². The maximum absolute atomic E-state index is 10.1. The summed E-state index contributed by atoms with van der Waals surface area (Å²) in [6, 6.07) is 111. The van der Waals surface area contributed by atoms with Gasteiger partial charge in [-0.25, -0.2) is 49.8 Å². The smallest absolute Gasteiger partial charge is 0.143 e. The third kappa shape index (κ3) is 18.1. The average molecular weight is 1650 g/mol. The van der Waals surface area contributed by atoms with Gasteiger partial charge in [0, 0.05) is 65.7 Å². The Morgan fingerprint density at radius 2 is 0.358 bits per heavy atom. The van der Waals surface area contributed by atoms with Crippen LogP contribution < -0.4 is 0 Å². The first kappa shape index (κ1) is 78.8. The molecule has 0 saturated carbocycles. The zero-order valence-electron chi connectivity index (χ0n) is 63.3. The van der Waals surface area contributed by atoms with Crippen LogP contribution in [0.3, 0.4) is 0 Å². The molecule has 0 aliphatic rings. The molecule has 0 fully saturated rings. The second kappa shape index (κ2) is 36.0. The van der Waals surface area contributed by atoms with E-state index in [9.17, 15) is 30.6 Å². The number of aromatic hydroxyl groups is 6. The van der Waals surface area contributed by atoms with Crippen LogP contribution in [0.4, 0.5) is 0 Å². The molecule has 6 N–H and O–H groups in total. The summed E-state index contributed by atoms with van der Waals surface area (Å²) in [5, 5.41) is 60.2. The maximum Gasteiger partial charge on any atom is 0.143 e. The number of phenolic OH excluding ortho intramolecular Hbond substituents is 6. The zero-order valence-corrected chi connectivity index (χ0v) is 66.3. The van der Waals surface area contributed by atoms with Gasteiger partial charge in [0.2, 0.25) is 0 Å². The minimum atomic E-state index is 0.106. The maximum atomic E-state index is 10.1. The van der Waals surface area contributed by atoms with Gasteiger partial charge in [0.25, 0.3) is 0 Å². The predicted octanol–water partition coefficient (Wildman–Crippen LogP) is 25.7. The van der Waals surface area contributed by atoms with Gasteiger partial charge < -0.3 is 30.6 Å². The summed E-state index contributed by atoms with van der Waals surface area (Å²) < 4.78 is 0. The van der Waals surface area contributed by atoms with E-state index in [4.69, 9.17) is 91.3 Å². The van der Waals surface area contributed by atoms with E-state index in [-0.39, 0.29) is 34.5 Å². The number of aromatic nitrogens is 10. The summed E-state index contributed by atoms with van der Waals surface area (Å²) in [4.78, 5) is 47.7. The van der Waals surface area contributed by atoms with Gasteiger partial charge in [-0.2, -0.15) is 0 Å². The predicted molar refractivity (Wildman–Crippen MR) is 482 cm³/mol. The number of halogens is 4. The van der Waals surface area contributed by atoms with Gasteiger partial charge in [0.1, 0.15) is 51.0 Å². The van der Waals surface area contributed by atoms with E-state index in [1.807, 2.05) is 273 Å². The van der Waals surface area contributed by atoms with Gasteiger partial charge in [-0.05, 0) is 206 Å². The molecule has 0 unspecified atom stereocenters. The molecule has 0 bridgehead atoms. The zero-order chi connectivity index (χ0) is 82.6. The molecule has 0 aliphatic carbocycles. The van der Waals surface area contributed by atoms with Crippen molar-refractivity contribution in [2.45, 2.75) is 0 Å². The van der Waals surface area contributed by atoms with Crippen LogP contribution in [-0.4, -0.2) is 80.5 Å². The molecular weight excluding hydrogens is 1580 g/mol. The Morgan fingerprint density at radius 1 is 0.158 bits per heavy atom. The molecule has 5 heterocycles. The van der Waals surface area contributed by atoms with Crippen molar-refractivity contribution in [1.29, 1.82) is 0 Å². The van der Waals surface area contributed by atoms with Crippen LogP contribution in [0, 0.1) is 0 Å². The second-order valence-corrected chi connectivity index (χ2v) is 29.0. The molecule has 0 amide bonds. The summed E-state index contributed by atoms with van der Waals surface area (Å²) in [6.45, 7) is 0. The van der Waals surface area contributed by atoms with Crippen molar-refractivity contribution in [2.24, 2.45) is 0 Å². The van der Waals surface area contributed by atoms with Crippen LogP contribution in [0.5, 0.6) is 34.5 Å². The van der Waals surface area contributed by atoms with Crippen LogP contribution in [0.2, 0.25) is 20.1 Å². The minimum absolute atomic E-state index is 0.106. The molecule has 120 heavy (non-hydrogen) atoms. The molecule has 20 heteroatoms. The van der Waals surface area contributed by atoms with Crippen LogP contribution in [0.1, 0.15) is 0 Å². The highest BCUT2D eigenvalue weighted by Crippen LogP contribution is 2.40. The van der Waals surface area contributed by atoms with E-state index in [1.165, 1.54) is 0 Å². The first-order chi connectivity index (χ1) is 58.6. The standard InChI is InChI=1S/C20H12Cl2N2O.2C20H13ClN2O.C20H14N2O2.C20H14N2O/c21-14-4-1-3-13(11-14)19-18(12-7-9-15(25)10-8-12)23-17-6-2-5-16(22)20(17)24-19;21-15-5-3-4-14(12-15)20-19(13-8-10-16(24)11-9-13)22-17-6-1-2-7-18(17)23-20;21-16-7-4-8-17-20(16)23-19(13-5-2-1-3-6-13)18(22-17)14-9-11-15(24)12-10-14;23-15-11-9-14(10-12-15)18-19(13-5-2-1-3-6-13)22-20-16(21-18)7-4-8-17(20)24;23-16-12-10-15(11-13-16)20-19(14-6-2-1-3-7-14)21-17-8-4-5-9-18(17)22-20/h1-11,25H;2*1-12,24H;1-12,23-24H;1-13,23H. The quantitative estimate of drug-likeness (QED) is 0.0745. The Morgan fingerprint density at radius 3 is 0.650 bits per heavy atom. The molecular formula is C100H66Cl4N10O6. The van der Waals surface area contributed by atoms with E-state index >= 15 is 0 Å². The lowest BCUT2D eigenvalue weighted by atomic mass is 10.0. The van der Waals surface area contributed by atoms with E-state index in [1.54, 1.807) is 91.0 Å². The van der Waals surface area contributed by atoms with E-state index < -0.39 is 0 Å². The summed E-state index contributed by atoms with van der Waals surface area (Å²) in [6.07, 6.45) is 0. The summed E-state index contributed by atoms with van der Waals surface area (Å²) in [5.41, 5.74) is 23.8. The average Bonchev–Trinajstić information content (AvgIpc) is 0.796. The van der Waals surface area contributed by atoms with Crippen LogP contribution in [-0.2, 0) is 0 Å². The number of fused-ring (bicyclic) bond motifs is 5. The SMILES string of the molecule is Oc1ccc(-c2nc3cccc(Cl)c3nc2-c2cccc(Cl)c2)cc1.Oc1ccc(-c2nc3cccc(Cl)c3nc2-c2ccccc2)cc1.Oc1ccc(-c2nc3cccc(O)c3nc2-c2ccccc2)cc1.Oc1ccc(-c2nc3ccccc3nc2-c2cccc(Cl)c2)cc1.Oc1ccc(-c2nc3ccccc3nc2-c2ccccc2)cc1. The lowest BCUT2D eigenvalue weighted by Gasteiger charge is -2.11. The number of rotatable bonds is 10. The molecule has 5 aromatic heterocycles. The second-order valence-electron chi connectivity index (χ2n) is 27.3. The summed E-state index contributed by atoms with van der Waals surface area (Å²) in [5.74, 6) is 1.18. The Labute approximate surface area is 708 Å². The van der Waals surface area contributed by atoms with Crippen molar-refractivity contribution in [3.63, 3.8) is 0 Å². The topological polar surface area (TPSA) is 250 Å². The van der Waals surface area contributed by atoms with Gasteiger partial charge in [-0.3, -0.25) is 0 Å². The first-order valence-electron chi connectivity index (χ1n) is 37.7. The van der Waals surface area contributed by atoms with E-state index in [0.717, 1.165) is 117 Å². The molecule has 0 aliphatic heterocycles. The molecule has 15 aromatic carbocycles. The number of hydrogen-bond donors (Lipinski definition) is 6. The lowest BCUT2D eigenvalue weighted by molar-refractivity contribution is 0.475. The fourth-order valence-corrected chi connectivity index (χ4v) is 14.1. The third-order valence-corrected chi connectivity index (χ3v) is 20.2. The number of phenols is 6. The lowest BCUT2D eigenvalue weighted by Crippen LogP contribution is -1.96. The fraction of sp³-hybridized carbons (Fsp3) is 0. The Hall–Kier alpha value is -15.0. The van der Waals surface area contributed by atoms with Gasteiger partial charge in [0.15, 0.2) is 0 Å². The number of hydrogen-bond acceptors (Lipinski definition) is 16. The molecule has 0 atom stereocenters.